The molecule has 0 amide bonds. The number of fused-ring (bicyclic) bond motifs is 1. The van der Waals surface area contributed by atoms with Crippen LogP contribution in [0, 0.1) is 11.2 Å². The Morgan fingerprint density at radius 2 is 2.00 bits per heavy atom. The van der Waals surface area contributed by atoms with E-state index in [1.807, 2.05) is 18.2 Å². The van der Waals surface area contributed by atoms with Crippen molar-refractivity contribution in [3.8, 4) is 0 Å². The van der Waals surface area contributed by atoms with Crippen molar-refractivity contribution in [1.82, 2.24) is 4.98 Å². The number of aromatic amines is 1. The molecule has 3 nitrogen and oxygen atoms in total. The second kappa shape index (κ2) is 6.56. The van der Waals surface area contributed by atoms with Crippen LogP contribution < -0.4 is 5.56 Å². The summed E-state index contributed by atoms with van der Waals surface area (Å²) in [5, 5.41) is 9.75. The molecular weight excluding hydrogens is 335 g/mol. The van der Waals surface area contributed by atoms with E-state index in [0.717, 1.165) is 11.8 Å². The van der Waals surface area contributed by atoms with E-state index in [4.69, 9.17) is 17.0 Å². The maximum atomic E-state index is 13.6. The van der Waals surface area contributed by atoms with Gasteiger partial charge in [0.1, 0.15) is 5.82 Å². The Hall–Kier alpha value is -2.11. The molecule has 0 bridgehead atoms. The number of halogens is 2. The summed E-state index contributed by atoms with van der Waals surface area (Å²) in [4.78, 5) is 14.8. The van der Waals surface area contributed by atoms with E-state index in [0.29, 0.717) is 26.6 Å². The third-order valence-electron chi connectivity index (χ3n) is 3.46. The molecule has 0 unspecified atom stereocenters. The lowest BCUT2D eigenvalue weighted by Crippen LogP contribution is -2.13. The normalized spacial score (nSPS) is 10.9. The van der Waals surface area contributed by atoms with E-state index >= 15 is 0 Å². The van der Waals surface area contributed by atoms with E-state index < -0.39 is 0 Å². The van der Waals surface area contributed by atoms with Gasteiger partial charge in [0.15, 0.2) is 0 Å². The van der Waals surface area contributed by atoms with Gasteiger partial charge in [-0.05, 0) is 29.1 Å². The molecule has 0 aliphatic rings. The first-order valence-electron chi connectivity index (χ1n) is 6.82. The highest BCUT2D eigenvalue weighted by Gasteiger charge is 2.11. The van der Waals surface area contributed by atoms with Crippen LogP contribution >= 0.6 is 23.4 Å². The SMILES string of the molecule is N=Cc1c(=O)[nH]c(SCc2ccccc2Cl)c2cc(F)ccc12. The number of benzene rings is 2. The van der Waals surface area contributed by atoms with Crippen molar-refractivity contribution in [3.63, 3.8) is 0 Å². The number of H-pyrrole nitrogens is 1. The summed E-state index contributed by atoms with van der Waals surface area (Å²) in [5.74, 6) is 0.158. The standard InChI is InChI=1S/C17H12ClFN2OS/c18-15-4-2-1-3-10(15)9-23-17-13-7-11(19)5-6-12(13)14(8-20)16(22)21-17/h1-8,20H,9H2,(H,21,22). The average molecular weight is 347 g/mol. The molecule has 3 rings (SSSR count). The lowest BCUT2D eigenvalue weighted by Gasteiger charge is -2.09. The van der Waals surface area contributed by atoms with Gasteiger partial charge in [0.2, 0.25) is 0 Å². The highest BCUT2D eigenvalue weighted by Crippen LogP contribution is 2.30. The number of pyridine rings is 1. The lowest BCUT2D eigenvalue weighted by atomic mass is 10.1. The molecule has 0 saturated heterocycles. The number of rotatable bonds is 4. The first-order chi connectivity index (χ1) is 11.1. The number of hydrogen-bond donors (Lipinski definition) is 2. The van der Waals surface area contributed by atoms with Gasteiger partial charge in [-0.15, -0.1) is 11.8 Å². The van der Waals surface area contributed by atoms with Crippen LogP contribution in [0.25, 0.3) is 10.8 Å². The second-order valence-electron chi connectivity index (χ2n) is 4.91. The van der Waals surface area contributed by atoms with Gasteiger partial charge in [-0.25, -0.2) is 4.39 Å². The largest absolute Gasteiger partial charge is 0.316 e. The summed E-state index contributed by atoms with van der Waals surface area (Å²) in [6, 6.07) is 11.6. The Bertz CT molecular complexity index is 955. The molecule has 23 heavy (non-hydrogen) atoms. The monoisotopic (exact) mass is 346 g/mol. The molecule has 1 aromatic heterocycles. The fraction of sp³-hybridized carbons (Fsp3) is 0.0588. The smallest absolute Gasteiger partial charge is 0.258 e. The Balaban J connectivity index is 2.07. The minimum absolute atomic E-state index is 0.224. The van der Waals surface area contributed by atoms with Crippen LogP contribution in [0.5, 0.6) is 0 Å². The molecular formula is C17H12ClFN2OS. The van der Waals surface area contributed by atoms with Gasteiger partial charge >= 0.3 is 0 Å². The van der Waals surface area contributed by atoms with Crippen LogP contribution in [0.4, 0.5) is 4.39 Å². The molecule has 0 saturated carbocycles. The molecule has 1 heterocycles. The van der Waals surface area contributed by atoms with E-state index in [9.17, 15) is 9.18 Å². The summed E-state index contributed by atoms with van der Waals surface area (Å²) >= 11 is 7.52. The van der Waals surface area contributed by atoms with Gasteiger partial charge in [-0.3, -0.25) is 4.79 Å². The van der Waals surface area contributed by atoms with Crippen molar-refractivity contribution in [2.45, 2.75) is 10.8 Å². The molecule has 0 aliphatic carbocycles. The maximum absolute atomic E-state index is 13.6. The lowest BCUT2D eigenvalue weighted by molar-refractivity contribution is 0.629. The van der Waals surface area contributed by atoms with Gasteiger partial charge in [0.25, 0.3) is 5.56 Å². The van der Waals surface area contributed by atoms with Gasteiger partial charge in [-0.1, -0.05) is 35.9 Å². The van der Waals surface area contributed by atoms with Crippen molar-refractivity contribution < 1.29 is 4.39 Å². The molecule has 116 valence electrons. The zero-order chi connectivity index (χ0) is 16.4. The zero-order valence-corrected chi connectivity index (χ0v) is 13.5. The van der Waals surface area contributed by atoms with Crippen LogP contribution in [0.15, 0.2) is 52.3 Å². The van der Waals surface area contributed by atoms with E-state index in [1.165, 1.54) is 30.0 Å². The van der Waals surface area contributed by atoms with Gasteiger partial charge in [0.05, 0.1) is 10.6 Å². The van der Waals surface area contributed by atoms with Gasteiger partial charge in [-0.2, -0.15) is 0 Å². The van der Waals surface area contributed by atoms with Crippen LogP contribution in [0.1, 0.15) is 11.1 Å². The average Bonchev–Trinajstić information content (AvgIpc) is 2.54. The molecule has 0 aliphatic heterocycles. The molecule has 0 spiro atoms. The van der Waals surface area contributed by atoms with Crippen LogP contribution in [0.2, 0.25) is 5.02 Å². The van der Waals surface area contributed by atoms with Gasteiger partial charge < -0.3 is 10.4 Å². The summed E-state index contributed by atoms with van der Waals surface area (Å²) in [7, 11) is 0. The fourth-order valence-corrected chi connectivity index (χ4v) is 3.64. The minimum atomic E-state index is -0.389. The van der Waals surface area contributed by atoms with Crippen molar-refractivity contribution >= 4 is 40.3 Å². The third-order valence-corrected chi connectivity index (χ3v) is 4.90. The highest BCUT2D eigenvalue weighted by molar-refractivity contribution is 7.98. The molecule has 0 atom stereocenters. The third kappa shape index (κ3) is 3.16. The summed E-state index contributed by atoms with van der Waals surface area (Å²) < 4.78 is 13.6. The van der Waals surface area contributed by atoms with E-state index in [1.54, 1.807) is 6.07 Å². The van der Waals surface area contributed by atoms with Crippen molar-refractivity contribution in [2.24, 2.45) is 0 Å². The Kier molecular flexibility index (Phi) is 4.50. The Morgan fingerprint density at radius 3 is 2.74 bits per heavy atom. The van der Waals surface area contributed by atoms with Crippen LogP contribution in [0.3, 0.4) is 0 Å². The molecule has 2 aromatic carbocycles. The topological polar surface area (TPSA) is 56.7 Å². The van der Waals surface area contributed by atoms with E-state index in [-0.39, 0.29) is 16.9 Å². The second-order valence-corrected chi connectivity index (χ2v) is 6.30. The summed E-state index contributed by atoms with van der Waals surface area (Å²) in [6.07, 6.45) is 0.988. The first-order valence-corrected chi connectivity index (χ1v) is 8.18. The highest BCUT2D eigenvalue weighted by atomic mass is 35.5. The molecule has 6 heteroatoms. The summed E-state index contributed by atoms with van der Waals surface area (Å²) in [6.45, 7) is 0. The predicted octanol–water partition coefficient (Wildman–Crippen LogP) is 4.61. The predicted molar refractivity (Wildman–Crippen MR) is 93.4 cm³/mol. The molecule has 0 radical (unpaired) electrons. The summed E-state index contributed by atoms with van der Waals surface area (Å²) in [5.41, 5.74) is 0.795. The van der Waals surface area contributed by atoms with Crippen molar-refractivity contribution in [3.05, 3.63) is 74.8 Å². The van der Waals surface area contributed by atoms with Crippen LogP contribution in [-0.2, 0) is 5.75 Å². The molecule has 3 aromatic rings. The Morgan fingerprint density at radius 1 is 1.22 bits per heavy atom. The molecule has 0 fully saturated rings. The van der Waals surface area contributed by atoms with E-state index in [2.05, 4.69) is 4.98 Å². The number of nitrogens with one attached hydrogen (secondary N) is 2. The maximum Gasteiger partial charge on any atom is 0.258 e. The number of thioether (sulfide) groups is 1. The van der Waals surface area contributed by atoms with Crippen LogP contribution in [-0.4, -0.2) is 11.2 Å². The minimum Gasteiger partial charge on any atom is -0.316 e. The van der Waals surface area contributed by atoms with Crippen molar-refractivity contribution in [1.29, 1.82) is 5.41 Å². The molecule has 2 N–H and O–H groups in total. The zero-order valence-electron chi connectivity index (χ0n) is 11.9. The first kappa shape index (κ1) is 15.8. The van der Waals surface area contributed by atoms with Crippen molar-refractivity contribution in [2.75, 3.05) is 0 Å². The number of aromatic nitrogens is 1. The van der Waals surface area contributed by atoms with Gasteiger partial charge in [0, 0.05) is 22.4 Å². The number of hydrogen-bond acceptors (Lipinski definition) is 3. The fourth-order valence-electron chi connectivity index (χ4n) is 2.32. The quantitative estimate of drug-likeness (QED) is 0.535. The Labute approximate surface area is 141 Å².